The van der Waals surface area contributed by atoms with Gasteiger partial charge in [0.2, 0.25) is 18.6 Å². The predicted molar refractivity (Wildman–Crippen MR) is 113 cm³/mol. The molecule has 0 aromatic heterocycles. The van der Waals surface area contributed by atoms with Crippen LogP contribution in [0.2, 0.25) is 0 Å². The molecule has 2 amide bonds. The van der Waals surface area contributed by atoms with E-state index in [1.807, 2.05) is 49.4 Å². The van der Waals surface area contributed by atoms with Gasteiger partial charge in [-0.3, -0.25) is 9.59 Å². The highest BCUT2D eigenvalue weighted by molar-refractivity contribution is 5.87. The molecule has 0 saturated heterocycles. The van der Waals surface area contributed by atoms with Crippen LogP contribution in [0.3, 0.4) is 0 Å². The number of ether oxygens (including phenoxy) is 3. The number of carbonyl (C=O) groups excluding carboxylic acids is 2. The minimum Gasteiger partial charge on any atom is -0.497 e. The lowest BCUT2D eigenvalue weighted by Gasteiger charge is -2.29. The molecule has 1 aliphatic heterocycles. The van der Waals surface area contributed by atoms with E-state index >= 15 is 0 Å². The highest BCUT2D eigenvalue weighted by Gasteiger charge is 2.26. The lowest BCUT2D eigenvalue weighted by atomic mass is 10.1. The fraction of sp³-hybridized carbons (Fsp3) is 0.391. The van der Waals surface area contributed by atoms with E-state index < -0.39 is 6.04 Å². The molecule has 0 radical (unpaired) electrons. The van der Waals surface area contributed by atoms with Gasteiger partial charge in [-0.1, -0.05) is 18.2 Å². The minimum atomic E-state index is -0.583. The number of nitrogens with one attached hydrogen (secondary N) is 1. The second-order valence-electron chi connectivity index (χ2n) is 7.13. The highest BCUT2D eigenvalue weighted by atomic mass is 16.7. The van der Waals surface area contributed by atoms with E-state index in [4.69, 9.17) is 14.2 Å². The average Bonchev–Trinajstić information content (AvgIpc) is 3.23. The topological polar surface area (TPSA) is 77.1 Å². The van der Waals surface area contributed by atoms with E-state index in [0.29, 0.717) is 31.0 Å². The van der Waals surface area contributed by atoms with Crippen molar-refractivity contribution in [2.24, 2.45) is 0 Å². The van der Waals surface area contributed by atoms with Gasteiger partial charge in [-0.15, -0.1) is 0 Å². The first-order valence-corrected chi connectivity index (χ1v) is 10.1. The molecule has 0 fully saturated rings. The number of nitrogens with zero attached hydrogens (tertiary/aromatic N) is 1. The van der Waals surface area contributed by atoms with Crippen molar-refractivity contribution in [2.45, 2.75) is 39.3 Å². The molecule has 3 rings (SSSR count). The van der Waals surface area contributed by atoms with Crippen LogP contribution in [-0.4, -0.2) is 43.2 Å². The first-order chi connectivity index (χ1) is 14.5. The Balaban J connectivity index is 1.72. The van der Waals surface area contributed by atoms with Gasteiger partial charge in [-0.2, -0.15) is 0 Å². The molecule has 7 nitrogen and oxygen atoms in total. The summed E-state index contributed by atoms with van der Waals surface area (Å²) in [6.45, 7) is 4.68. The first-order valence-electron chi connectivity index (χ1n) is 10.1. The van der Waals surface area contributed by atoms with Crippen molar-refractivity contribution >= 4 is 11.8 Å². The fourth-order valence-corrected chi connectivity index (χ4v) is 3.36. The second kappa shape index (κ2) is 10.0. The van der Waals surface area contributed by atoms with Crippen molar-refractivity contribution in [3.63, 3.8) is 0 Å². The van der Waals surface area contributed by atoms with Crippen molar-refractivity contribution in [3.05, 3.63) is 53.6 Å². The van der Waals surface area contributed by atoms with Gasteiger partial charge in [-0.05, 0) is 55.7 Å². The average molecular weight is 412 g/mol. The first kappa shape index (κ1) is 21.5. The number of hydrogen-bond donors (Lipinski definition) is 1. The number of rotatable bonds is 9. The SMILES string of the molecule is CCNC(=O)[C@H](C)N(Cc1cccc(OC)c1)C(=O)CCc1ccc2c(c1)OCO2. The minimum absolute atomic E-state index is 0.0887. The van der Waals surface area contributed by atoms with Crippen LogP contribution in [-0.2, 0) is 22.6 Å². The third-order valence-electron chi connectivity index (χ3n) is 5.07. The summed E-state index contributed by atoms with van der Waals surface area (Å²) in [4.78, 5) is 27.2. The summed E-state index contributed by atoms with van der Waals surface area (Å²) in [5, 5.41) is 2.80. The number of aryl methyl sites for hydroxylation is 1. The summed E-state index contributed by atoms with van der Waals surface area (Å²) in [7, 11) is 1.60. The third-order valence-corrected chi connectivity index (χ3v) is 5.07. The Morgan fingerprint density at radius 2 is 1.93 bits per heavy atom. The van der Waals surface area contributed by atoms with E-state index in [1.165, 1.54) is 0 Å². The molecule has 1 heterocycles. The molecule has 2 aromatic carbocycles. The molecule has 0 unspecified atom stereocenters. The normalized spacial score (nSPS) is 12.9. The Morgan fingerprint density at radius 3 is 2.70 bits per heavy atom. The Labute approximate surface area is 176 Å². The lowest BCUT2D eigenvalue weighted by molar-refractivity contribution is -0.140. The van der Waals surface area contributed by atoms with Crippen LogP contribution in [0, 0.1) is 0 Å². The van der Waals surface area contributed by atoms with Crippen LogP contribution in [0.25, 0.3) is 0 Å². The van der Waals surface area contributed by atoms with Gasteiger partial charge in [0.05, 0.1) is 7.11 Å². The predicted octanol–water partition coefficient (Wildman–Crippen LogP) is 2.91. The zero-order valence-electron chi connectivity index (χ0n) is 17.6. The van der Waals surface area contributed by atoms with E-state index in [-0.39, 0.29) is 25.0 Å². The van der Waals surface area contributed by atoms with Gasteiger partial charge in [-0.25, -0.2) is 0 Å². The molecule has 160 valence electrons. The van der Waals surface area contributed by atoms with Crippen molar-refractivity contribution in [2.75, 3.05) is 20.4 Å². The van der Waals surface area contributed by atoms with Gasteiger partial charge in [0, 0.05) is 19.5 Å². The van der Waals surface area contributed by atoms with Crippen LogP contribution in [0.15, 0.2) is 42.5 Å². The van der Waals surface area contributed by atoms with Crippen LogP contribution in [0.4, 0.5) is 0 Å². The van der Waals surface area contributed by atoms with Gasteiger partial charge < -0.3 is 24.4 Å². The second-order valence-corrected chi connectivity index (χ2v) is 7.13. The quantitative estimate of drug-likeness (QED) is 0.685. The third kappa shape index (κ3) is 5.23. The Bertz CT molecular complexity index is 899. The molecule has 1 aliphatic rings. The summed E-state index contributed by atoms with van der Waals surface area (Å²) in [5.74, 6) is 1.87. The molecule has 1 atom stereocenters. The van der Waals surface area contributed by atoms with Crippen LogP contribution >= 0.6 is 0 Å². The van der Waals surface area contributed by atoms with Gasteiger partial charge >= 0.3 is 0 Å². The van der Waals surface area contributed by atoms with Crippen molar-refractivity contribution in [1.82, 2.24) is 10.2 Å². The molecule has 30 heavy (non-hydrogen) atoms. The molecule has 2 aromatic rings. The zero-order chi connectivity index (χ0) is 21.5. The van der Waals surface area contributed by atoms with E-state index in [9.17, 15) is 9.59 Å². The van der Waals surface area contributed by atoms with E-state index in [0.717, 1.165) is 16.9 Å². The summed E-state index contributed by atoms with van der Waals surface area (Å²) < 4.78 is 16.0. The summed E-state index contributed by atoms with van der Waals surface area (Å²) in [6.07, 6.45) is 0.833. The number of benzene rings is 2. The molecule has 7 heteroatoms. The number of methoxy groups -OCH3 is 1. The Kier molecular flexibility index (Phi) is 7.17. The maximum atomic E-state index is 13.1. The molecule has 0 spiro atoms. The largest absolute Gasteiger partial charge is 0.497 e. The van der Waals surface area contributed by atoms with E-state index in [1.54, 1.807) is 18.9 Å². The molecule has 0 saturated carbocycles. The van der Waals surface area contributed by atoms with Crippen molar-refractivity contribution < 1.29 is 23.8 Å². The van der Waals surface area contributed by atoms with Gasteiger partial charge in [0.25, 0.3) is 0 Å². The highest BCUT2D eigenvalue weighted by Crippen LogP contribution is 2.32. The van der Waals surface area contributed by atoms with E-state index in [2.05, 4.69) is 5.32 Å². The number of likely N-dealkylation sites (N-methyl/N-ethyl adjacent to an activating group) is 1. The molecule has 1 N–H and O–H groups in total. The van der Waals surface area contributed by atoms with Gasteiger partial charge in [0.15, 0.2) is 11.5 Å². The van der Waals surface area contributed by atoms with Crippen molar-refractivity contribution in [1.29, 1.82) is 0 Å². The summed E-state index contributed by atoms with van der Waals surface area (Å²) in [5.41, 5.74) is 1.89. The van der Waals surface area contributed by atoms with Gasteiger partial charge in [0.1, 0.15) is 11.8 Å². The maximum Gasteiger partial charge on any atom is 0.242 e. The number of carbonyl (C=O) groups is 2. The van der Waals surface area contributed by atoms with Crippen LogP contribution in [0.1, 0.15) is 31.4 Å². The maximum absolute atomic E-state index is 13.1. The monoisotopic (exact) mass is 412 g/mol. The Morgan fingerprint density at radius 1 is 1.13 bits per heavy atom. The molecular weight excluding hydrogens is 384 g/mol. The summed E-state index contributed by atoms with van der Waals surface area (Å²) in [6, 6.07) is 12.6. The zero-order valence-corrected chi connectivity index (χ0v) is 17.6. The standard InChI is InChI=1S/C23H28N2O5/c1-4-24-23(27)16(2)25(14-18-6-5-7-19(12-18)28-3)22(26)11-9-17-8-10-20-21(13-17)30-15-29-20/h5-8,10,12-13,16H,4,9,11,14-15H2,1-3H3,(H,24,27)/t16-/m0/s1. The molecular formula is C23H28N2O5. The van der Waals surface area contributed by atoms with Crippen LogP contribution < -0.4 is 19.5 Å². The lowest BCUT2D eigenvalue weighted by Crippen LogP contribution is -2.47. The number of amides is 2. The fourth-order valence-electron chi connectivity index (χ4n) is 3.36. The molecule has 0 aliphatic carbocycles. The smallest absolute Gasteiger partial charge is 0.242 e. The van der Waals surface area contributed by atoms with Crippen LogP contribution in [0.5, 0.6) is 17.2 Å². The number of fused-ring (bicyclic) bond motifs is 1. The molecule has 0 bridgehead atoms. The number of hydrogen-bond acceptors (Lipinski definition) is 5. The summed E-state index contributed by atoms with van der Waals surface area (Å²) >= 11 is 0. The van der Waals surface area contributed by atoms with Crippen molar-refractivity contribution in [3.8, 4) is 17.2 Å². The Hall–Kier alpha value is -3.22.